The number of carbonyl (C=O) groups is 2. The van der Waals surface area contributed by atoms with Crippen LogP contribution in [0.1, 0.15) is 6.92 Å². The molecular formula is C17H15N3O2S2. The zero-order valence-electron chi connectivity index (χ0n) is 12.9. The van der Waals surface area contributed by atoms with Crippen molar-refractivity contribution < 1.29 is 9.59 Å². The van der Waals surface area contributed by atoms with E-state index in [1.54, 1.807) is 35.6 Å². The number of anilines is 2. The minimum atomic E-state index is -0.126. The Hall–Kier alpha value is -2.38. The molecule has 0 spiro atoms. The number of nitrogens with one attached hydrogen (secondary N) is 2. The van der Waals surface area contributed by atoms with E-state index in [-0.39, 0.29) is 11.8 Å². The predicted molar refractivity (Wildman–Crippen MR) is 99.7 cm³/mol. The summed E-state index contributed by atoms with van der Waals surface area (Å²) in [6.07, 6.45) is 0. The molecule has 2 aromatic carbocycles. The summed E-state index contributed by atoms with van der Waals surface area (Å²) in [4.78, 5) is 27.5. The minimum absolute atomic E-state index is 0.0912. The van der Waals surface area contributed by atoms with Gasteiger partial charge >= 0.3 is 0 Å². The van der Waals surface area contributed by atoms with Crippen LogP contribution in [0.3, 0.4) is 0 Å². The molecule has 0 radical (unpaired) electrons. The maximum absolute atomic E-state index is 12.0. The largest absolute Gasteiger partial charge is 0.326 e. The van der Waals surface area contributed by atoms with Gasteiger partial charge in [0, 0.05) is 18.3 Å². The fourth-order valence-corrected chi connectivity index (χ4v) is 3.95. The van der Waals surface area contributed by atoms with E-state index in [0.717, 1.165) is 14.6 Å². The standard InChI is InChI=1S/C17H15N3O2S2/c1-11(21)18-12-6-8-13(9-7-12)19-16(22)10-23-17-20-14-4-2-3-5-15(14)24-17/h2-9H,10H2,1H3,(H,18,21)(H,19,22). The van der Waals surface area contributed by atoms with E-state index < -0.39 is 0 Å². The van der Waals surface area contributed by atoms with Gasteiger partial charge in [-0.05, 0) is 36.4 Å². The number of carbonyl (C=O) groups excluding carboxylic acids is 2. The van der Waals surface area contributed by atoms with Crippen LogP contribution < -0.4 is 10.6 Å². The van der Waals surface area contributed by atoms with Crippen molar-refractivity contribution in [3.05, 3.63) is 48.5 Å². The molecule has 0 aliphatic carbocycles. The van der Waals surface area contributed by atoms with E-state index in [4.69, 9.17) is 0 Å². The first-order valence-electron chi connectivity index (χ1n) is 7.26. The van der Waals surface area contributed by atoms with Crippen LogP contribution in [0.5, 0.6) is 0 Å². The van der Waals surface area contributed by atoms with Gasteiger partial charge in [0.25, 0.3) is 0 Å². The van der Waals surface area contributed by atoms with Crippen LogP contribution in [0.15, 0.2) is 52.9 Å². The first-order valence-corrected chi connectivity index (χ1v) is 9.06. The van der Waals surface area contributed by atoms with Gasteiger partial charge in [-0.25, -0.2) is 4.98 Å². The summed E-state index contributed by atoms with van der Waals surface area (Å²) in [6, 6.07) is 14.9. The van der Waals surface area contributed by atoms with Crippen molar-refractivity contribution in [2.45, 2.75) is 11.3 Å². The van der Waals surface area contributed by atoms with Crippen LogP contribution in [0, 0.1) is 0 Å². The molecule has 1 heterocycles. The number of aromatic nitrogens is 1. The molecule has 2 N–H and O–H groups in total. The van der Waals surface area contributed by atoms with Crippen LogP contribution in [0.2, 0.25) is 0 Å². The molecule has 3 rings (SSSR count). The Morgan fingerprint density at radius 3 is 2.38 bits per heavy atom. The van der Waals surface area contributed by atoms with Crippen molar-refractivity contribution in [1.82, 2.24) is 4.98 Å². The fraction of sp³-hybridized carbons (Fsp3) is 0.118. The van der Waals surface area contributed by atoms with Gasteiger partial charge in [0.1, 0.15) is 0 Å². The second kappa shape index (κ2) is 7.46. The van der Waals surface area contributed by atoms with E-state index in [1.807, 2.05) is 24.3 Å². The third-order valence-corrected chi connectivity index (χ3v) is 5.27. The molecule has 0 saturated heterocycles. The smallest absolute Gasteiger partial charge is 0.234 e. The molecule has 1 aromatic heterocycles. The number of nitrogens with zero attached hydrogens (tertiary/aromatic N) is 1. The zero-order valence-corrected chi connectivity index (χ0v) is 14.5. The van der Waals surface area contributed by atoms with E-state index >= 15 is 0 Å². The topological polar surface area (TPSA) is 71.1 Å². The lowest BCUT2D eigenvalue weighted by Gasteiger charge is -2.06. The Bertz CT molecular complexity index is 842. The maximum Gasteiger partial charge on any atom is 0.234 e. The Kier molecular flexibility index (Phi) is 5.12. The Balaban J connectivity index is 1.54. The summed E-state index contributed by atoms with van der Waals surface area (Å²) in [5.41, 5.74) is 2.35. The van der Waals surface area contributed by atoms with Crippen molar-refractivity contribution in [2.24, 2.45) is 0 Å². The van der Waals surface area contributed by atoms with Crippen molar-refractivity contribution in [3.8, 4) is 0 Å². The number of benzene rings is 2. The summed E-state index contributed by atoms with van der Waals surface area (Å²) < 4.78 is 2.00. The highest BCUT2D eigenvalue weighted by Gasteiger charge is 2.08. The van der Waals surface area contributed by atoms with Crippen molar-refractivity contribution in [3.63, 3.8) is 0 Å². The lowest BCUT2D eigenvalue weighted by Crippen LogP contribution is -2.14. The van der Waals surface area contributed by atoms with Gasteiger partial charge in [0.05, 0.1) is 16.0 Å². The van der Waals surface area contributed by atoms with E-state index in [9.17, 15) is 9.59 Å². The van der Waals surface area contributed by atoms with Crippen LogP contribution in [0.25, 0.3) is 10.2 Å². The molecule has 0 fully saturated rings. The quantitative estimate of drug-likeness (QED) is 0.678. The van der Waals surface area contributed by atoms with Gasteiger partial charge in [-0.3, -0.25) is 9.59 Å². The summed E-state index contributed by atoms with van der Waals surface area (Å²) in [5.74, 6) is 0.0818. The second-order valence-corrected chi connectivity index (χ2v) is 7.30. The molecule has 24 heavy (non-hydrogen) atoms. The predicted octanol–water partition coefficient (Wildman–Crippen LogP) is 3.99. The lowest BCUT2D eigenvalue weighted by atomic mass is 10.3. The van der Waals surface area contributed by atoms with Gasteiger partial charge < -0.3 is 10.6 Å². The monoisotopic (exact) mass is 357 g/mol. The molecule has 0 atom stereocenters. The Morgan fingerprint density at radius 1 is 1.04 bits per heavy atom. The summed E-state index contributed by atoms with van der Waals surface area (Å²) in [5, 5.41) is 5.51. The average Bonchev–Trinajstić information content (AvgIpc) is 2.97. The number of amides is 2. The van der Waals surface area contributed by atoms with Gasteiger partial charge in [-0.1, -0.05) is 23.9 Å². The summed E-state index contributed by atoms with van der Waals surface area (Å²) >= 11 is 3.01. The maximum atomic E-state index is 12.0. The Morgan fingerprint density at radius 2 is 1.71 bits per heavy atom. The van der Waals surface area contributed by atoms with E-state index in [2.05, 4.69) is 15.6 Å². The molecule has 3 aromatic rings. The van der Waals surface area contributed by atoms with Crippen molar-refractivity contribution in [1.29, 1.82) is 0 Å². The lowest BCUT2D eigenvalue weighted by molar-refractivity contribution is -0.114. The third kappa shape index (κ3) is 4.33. The zero-order chi connectivity index (χ0) is 16.9. The number of fused-ring (bicyclic) bond motifs is 1. The molecule has 122 valence electrons. The Labute approximate surface area is 147 Å². The number of hydrogen-bond donors (Lipinski definition) is 2. The third-order valence-electron chi connectivity index (χ3n) is 3.09. The molecule has 0 aliphatic rings. The number of thiazole rings is 1. The number of rotatable bonds is 5. The summed E-state index contributed by atoms with van der Waals surface area (Å²) in [7, 11) is 0. The fourth-order valence-electron chi connectivity index (χ4n) is 2.08. The van der Waals surface area contributed by atoms with Gasteiger partial charge in [-0.15, -0.1) is 11.3 Å². The van der Waals surface area contributed by atoms with E-state index in [0.29, 0.717) is 17.1 Å². The van der Waals surface area contributed by atoms with Gasteiger partial charge in [0.2, 0.25) is 11.8 Å². The normalized spacial score (nSPS) is 10.5. The second-order valence-electron chi connectivity index (χ2n) is 5.04. The van der Waals surface area contributed by atoms with Crippen LogP contribution in [-0.4, -0.2) is 22.6 Å². The highest BCUT2D eigenvalue weighted by molar-refractivity contribution is 8.01. The van der Waals surface area contributed by atoms with E-state index in [1.165, 1.54) is 18.7 Å². The summed E-state index contributed by atoms with van der Waals surface area (Å²) in [6.45, 7) is 1.45. The highest BCUT2D eigenvalue weighted by Crippen LogP contribution is 2.29. The molecular weight excluding hydrogens is 342 g/mol. The van der Waals surface area contributed by atoms with Crippen molar-refractivity contribution >= 4 is 56.5 Å². The first-order chi connectivity index (χ1) is 11.6. The molecule has 0 unspecified atom stereocenters. The van der Waals surface area contributed by atoms with Gasteiger partial charge in [0.15, 0.2) is 4.34 Å². The van der Waals surface area contributed by atoms with Crippen LogP contribution in [0.4, 0.5) is 11.4 Å². The molecule has 5 nitrogen and oxygen atoms in total. The highest BCUT2D eigenvalue weighted by atomic mass is 32.2. The number of thioether (sulfide) groups is 1. The van der Waals surface area contributed by atoms with Crippen LogP contribution >= 0.6 is 23.1 Å². The number of para-hydroxylation sites is 1. The SMILES string of the molecule is CC(=O)Nc1ccc(NC(=O)CSc2nc3ccccc3s2)cc1. The molecule has 0 saturated carbocycles. The molecule has 7 heteroatoms. The van der Waals surface area contributed by atoms with Crippen molar-refractivity contribution in [2.75, 3.05) is 16.4 Å². The molecule has 0 bridgehead atoms. The minimum Gasteiger partial charge on any atom is -0.326 e. The average molecular weight is 357 g/mol. The first kappa shape index (κ1) is 16.5. The molecule has 0 aliphatic heterocycles. The molecule has 2 amide bonds. The van der Waals surface area contributed by atoms with Gasteiger partial charge in [-0.2, -0.15) is 0 Å². The number of hydrogen-bond acceptors (Lipinski definition) is 5. The van der Waals surface area contributed by atoms with Crippen LogP contribution in [-0.2, 0) is 9.59 Å².